The number of unbranched alkanes of at least 4 members (excludes halogenated alkanes) is 27. The summed E-state index contributed by atoms with van der Waals surface area (Å²) in [5.41, 5.74) is 5.33. The van der Waals surface area contributed by atoms with Crippen molar-refractivity contribution in [2.75, 3.05) is 19.8 Å². The van der Waals surface area contributed by atoms with E-state index in [4.69, 9.17) is 24.8 Å². The number of carbonyl (C=O) groups is 3. The van der Waals surface area contributed by atoms with E-state index in [2.05, 4.69) is 30.5 Å². The van der Waals surface area contributed by atoms with Crippen LogP contribution in [0.25, 0.3) is 0 Å². The Bertz CT molecular complexity index is 1010. The Morgan fingerprint density at radius 1 is 0.536 bits per heavy atom. The first-order chi connectivity index (χ1) is 27.1. The van der Waals surface area contributed by atoms with Gasteiger partial charge < -0.3 is 25.2 Å². The molecule has 330 valence electrons. The van der Waals surface area contributed by atoms with Crippen molar-refractivity contribution in [2.24, 2.45) is 5.73 Å². The molecule has 0 aromatic rings. The maximum absolute atomic E-state index is 12.6. The minimum Gasteiger partial charge on any atom is -0.480 e. The first-order valence-electron chi connectivity index (χ1n) is 22.7. The van der Waals surface area contributed by atoms with Crippen LogP contribution in [0.3, 0.4) is 0 Å². The summed E-state index contributed by atoms with van der Waals surface area (Å²) in [5.74, 6) is -2.38. The Labute approximate surface area is 341 Å². The van der Waals surface area contributed by atoms with Crippen LogP contribution in [0.1, 0.15) is 219 Å². The molecular weight excluding hydrogens is 733 g/mol. The Balaban J connectivity index is 4.23. The number of rotatable bonds is 43. The molecule has 0 saturated carbocycles. The molecule has 4 N–H and O–H groups in total. The number of phosphoric ester groups is 1. The quantitative estimate of drug-likeness (QED) is 0.0231. The normalized spacial score (nSPS) is 13.8. The number of aliphatic carboxylic acids is 1. The van der Waals surface area contributed by atoms with Gasteiger partial charge in [0.1, 0.15) is 12.6 Å². The molecule has 0 radical (unpaired) electrons. The third-order valence-corrected chi connectivity index (χ3v) is 11.0. The molecule has 3 unspecified atom stereocenters. The molecule has 56 heavy (non-hydrogen) atoms. The number of allylic oxidation sites excluding steroid dienone is 2. The minimum atomic E-state index is -4.71. The molecule has 0 aliphatic rings. The molecule has 3 atom stereocenters. The molecule has 0 aliphatic carbocycles. The maximum Gasteiger partial charge on any atom is 0.472 e. The number of carboxylic acids is 1. The summed E-state index contributed by atoms with van der Waals surface area (Å²) in [7, 11) is -4.71. The highest BCUT2D eigenvalue weighted by molar-refractivity contribution is 7.47. The van der Waals surface area contributed by atoms with Gasteiger partial charge >= 0.3 is 25.7 Å². The topological polar surface area (TPSA) is 172 Å². The predicted octanol–water partition coefficient (Wildman–Crippen LogP) is 12.1. The molecule has 0 spiro atoms. The van der Waals surface area contributed by atoms with Gasteiger partial charge in [0.2, 0.25) is 0 Å². The lowest BCUT2D eigenvalue weighted by Crippen LogP contribution is -2.34. The van der Waals surface area contributed by atoms with Crippen molar-refractivity contribution in [1.82, 2.24) is 0 Å². The highest BCUT2D eigenvalue weighted by atomic mass is 31.2. The van der Waals surface area contributed by atoms with E-state index in [9.17, 15) is 23.8 Å². The second-order valence-corrected chi connectivity index (χ2v) is 17.0. The van der Waals surface area contributed by atoms with E-state index in [1.54, 1.807) is 0 Å². The third-order valence-electron chi connectivity index (χ3n) is 10.0. The van der Waals surface area contributed by atoms with Crippen molar-refractivity contribution in [2.45, 2.75) is 231 Å². The SMILES string of the molecule is CCCCC/C=C\CCCCCCCC(=O)OC(COC(=O)CCCCCCCCCCCCCCCCCCCCCC)COP(=O)(O)OCC(N)C(=O)O. The number of nitrogens with two attached hydrogens (primary N) is 1. The second-order valence-electron chi connectivity index (χ2n) is 15.5. The summed E-state index contributed by atoms with van der Waals surface area (Å²) in [6.45, 7) is 2.79. The van der Waals surface area contributed by atoms with E-state index >= 15 is 0 Å². The number of ether oxygens (including phenoxy) is 2. The van der Waals surface area contributed by atoms with Gasteiger partial charge in [0, 0.05) is 12.8 Å². The van der Waals surface area contributed by atoms with Gasteiger partial charge in [-0.25, -0.2) is 4.57 Å². The average Bonchev–Trinajstić information content (AvgIpc) is 3.17. The fourth-order valence-electron chi connectivity index (χ4n) is 6.41. The summed E-state index contributed by atoms with van der Waals surface area (Å²) in [6, 6.07) is -1.52. The van der Waals surface area contributed by atoms with Crippen LogP contribution in [-0.2, 0) is 37.5 Å². The average molecular weight is 818 g/mol. The first-order valence-corrected chi connectivity index (χ1v) is 24.2. The highest BCUT2D eigenvalue weighted by Gasteiger charge is 2.28. The standard InChI is InChI=1S/C44H84NO10P/c1-3-5-7-9-11-13-15-17-18-19-20-21-22-23-24-26-27-29-31-33-35-42(46)52-37-40(38-53-56(50,51)54-39-41(45)44(48)49)55-43(47)36-34-32-30-28-25-16-14-12-10-8-6-4-2/h12,14,40-41H,3-11,13,15-39,45H2,1-2H3,(H,48,49)(H,50,51)/b14-12-. The lowest BCUT2D eigenvalue weighted by molar-refractivity contribution is -0.161. The highest BCUT2D eigenvalue weighted by Crippen LogP contribution is 2.43. The van der Waals surface area contributed by atoms with Crippen LogP contribution in [0.15, 0.2) is 12.2 Å². The van der Waals surface area contributed by atoms with Gasteiger partial charge in [-0.05, 0) is 38.5 Å². The van der Waals surface area contributed by atoms with Crippen LogP contribution in [0.5, 0.6) is 0 Å². The smallest absolute Gasteiger partial charge is 0.472 e. The molecule has 0 aromatic carbocycles. The van der Waals surface area contributed by atoms with Gasteiger partial charge in [0.05, 0.1) is 13.2 Å². The van der Waals surface area contributed by atoms with E-state index in [1.807, 2.05) is 0 Å². The zero-order valence-electron chi connectivity index (χ0n) is 35.7. The van der Waals surface area contributed by atoms with Crippen LogP contribution < -0.4 is 5.73 Å². The summed E-state index contributed by atoms with van der Waals surface area (Å²) < 4.78 is 32.7. The van der Waals surface area contributed by atoms with Gasteiger partial charge in [-0.2, -0.15) is 0 Å². The van der Waals surface area contributed by atoms with Crippen molar-refractivity contribution >= 4 is 25.7 Å². The van der Waals surface area contributed by atoms with E-state index in [1.165, 1.54) is 122 Å². The van der Waals surface area contributed by atoms with Crippen molar-refractivity contribution in [3.63, 3.8) is 0 Å². The van der Waals surface area contributed by atoms with Crippen LogP contribution in [0.4, 0.5) is 0 Å². The van der Waals surface area contributed by atoms with Gasteiger partial charge in [0.25, 0.3) is 0 Å². The van der Waals surface area contributed by atoms with Gasteiger partial charge in [0.15, 0.2) is 6.10 Å². The predicted molar refractivity (Wildman–Crippen MR) is 226 cm³/mol. The molecular formula is C44H84NO10P. The van der Waals surface area contributed by atoms with Crippen molar-refractivity contribution < 1.29 is 47.5 Å². The van der Waals surface area contributed by atoms with Gasteiger partial charge in [-0.3, -0.25) is 23.4 Å². The van der Waals surface area contributed by atoms with Crippen LogP contribution in [0.2, 0.25) is 0 Å². The number of hydrogen-bond acceptors (Lipinski definition) is 9. The molecule has 11 nitrogen and oxygen atoms in total. The first kappa shape index (κ1) is 54.2. The van der Waals surface area contributed by atoms with Crippen LogP contribution in [-0.4, -0.2) is 59.9 Å². The van der Waals surface area contributed by atoms with E-state index < -0.39 is 51.1 Å². The molecule has 0 aliphatic heterocycles. The molecule has 0 bridgehead atoms. The Morgan fingerprint density at radius 3 is 1.34 bits per heavy atom. The monoisotopic (exact) mass is 818 g/mol. The molecule has 0 amide bonds. The minimum absolute atomic E-state index is 0.155. The zero-order chi connectivity index (χ0) is 41.4. The third kappa shape index (κ3) is 39.1. The largest absolute Gasteiger partial charge is 0.480 e. The van der Waals surface area contributed by atoms with E-state index in [-0.39, 0.29) is 19.4 Å². The van der Waals surface area contributed by atoms with Crippen molar-refractivity contribution in [3.8, 4) is 0 Å². The number of carboxylic acid groups (broad SMARTS) is 1. The van der Waals surface area contributed by atoms with Gasteiger partial charge in [-0.15, -0.1) is 0 Å². The maximum atomic E-state index is 12.6. The van der Waals surface area contributed by atoms with E-state index in [0.717, 1.165) is 57.8 Å². The fourth-order valence-corrected chi connectivity index (χ4v) is 7.19. The van der Waals surface area contributed by atoms with E-state index in [0.29, 0.717) is 12.8 Å². The lowest BCUT2D eigenvalue weighted by atomic mass is 10.0. The summed E-state index contributed by atoms with van der Waals surface area (Å²) in [5, 5.41) is 8.88. The molecule has 0 rings (SSSR count). The number of hydrogen-bond donors (Lipinski definition) is 3. The van der Waals surface area contributed by atoms with Crippen molar-refractivity contribution in [3.05, 3.63) is 12.2 Å². The Kier molecular flexibility index (Phi) is 38.7. The number of esters is 2. The molecule has 0 fully saturated rings. The zero-order valence-corrected chi connectivity index (χ0v) is 36.6. The Morgan fingerprint density at radius 2 is 0.893 bits per heavy atom. The second kappa shape index (κ2) is 40.0. The summed E-state index contributed by atoms with van der Waals surface area (Å²) in [6.07, 6.45) is 40.0. The van der Waals surface area contributed by atoms with Crippen LogP contribution in [0, 0.1) is 0 Å². The van der Waals surface area contributed by atoms with Gasteiger partial charge in [-0.1, -0.05) is 180 Å². The molecule has 0 aromatic heterocycles. The summed E-state index contributed by atoms with van der Waals surface area (Å²) in [4.78, 5) is 45.9. The molecule has 12 heteroatoms. The summed E-state index contributed by atoms with van der Waals surface area (Å²) >= 11 is 0. The number of carbonyl (C=O) groups excluding carboxylic acids is 2. The number of phosphoric acid groups is 1. The fraction of sp³-hybridized carbons (Fsp3) is 0.886. The molecule has 0 saturated heterocycles. The van der Waals surface area contributed by atoms with Crippen LogP contribution >= 0.6 is 7.82 Å². The molecule has 0 heterocycles. The lowest BCUT2D eigenvalue weighted by Gasteiger charge is -2.20. The van der Waals surface area contributed by atoms with Crippen molar-refractivity contribution in [1.29, 1.82) is 0 Å². The Hall–Kier alpha value is -1.78.